The number of aliphatic hydroxyl groups is 1. The molecule has 0 aliphatic heterocycles. The van der Waals surface area contributed by atoms with Gasteiger partial charge in [0.25, 0.3) is 0 Å². The van der Waals surface area contributed by atoms with Crippen molar-refractivity contribution in [2.75, 3.05) is 20.1 Å². The summed E-state index contributed by atoms with van der Waals surface area (Å²) in [6, 6.07) is 7.98. The van der Waals surface area contributed by atoms with E-state index in [1.807, 2.05) is 25.2 Å². The molecule has 0 saturated heterocycles. The average molecular weight is 248 g/mol. The zero-order valence-corrected chi connectivity index (χ0v) is 10.7. The third-order valence-corrected chi connectivity index (χ3v) is 3.02. The van der Waals surface area contributed by atoms with Crippen LogP contribution in [0.4, 0.5) is 0 Å². The highest BCUT2D eigenvalue weighted by Gasteiger charge is 2.11. The van der Waals surface area contributed by atoms with Gasteiger partial charge in [0.2, 0.25) is 0 Å². The van der Waals surface area contributed by atoms with Gasteiger partial charge in [-0.1, -0.05) is 18.2 Å². The molecule has 4 nitrogen and oxygen atoms in total. The molecule has 98 valence electrons. The number of rotatable bonds is 6. The number of furan rings is 1. The van der Waals surface area contributed by atoms with Crippen LogP contribution in [0.3, 0.4) is 0 Å². The molecule has 1 aromatic heterocycles. The van der Waals surface area contributed by atoms with Crippen molar-refractivity contribution in [1.82, 2.24) is 4.90 Å². The van der Waals surface area contributed by atoms with Gasteiger partial charge < -0.3 is 15.3 Å². The third kappa shape index (κ3) is 3.10. The second-order valence-corrected chi connectivity index (χ2v) is 4.69. The van der Waals surface area contributed by atoms with E-state index in [9.17, 15) is 5.11 Å². The summed E-state index contributed by atoms with van der Waals surface area (Å²) in [5.41, 5.74) is 7.47. The van der Waals surface area contributed by atoms with E-state index < -0.39 is 0 Å². The topological polar surface area (TPSA) is 62.6 Å². The first-order valence-electron chi connectivity index (χ1n) is 6.22. The van der Waals surface area contributed by atoms with Crippen LogP contribution in [0.15, 0.2) is 34.9 Å². The van der Waals surface area contributed by atoms with E-state index in [1.165, 1.54) is 0 Å². The molecule has 0 spiro atoms. The number of hydrogen-bond donors (Lipinski definition) is 2. The van der Waals surface area contributed by atoms with E-state index in [-0.39, 0.29) is 6.10 Å². The van der Waals surface area contributed by atoms with E-state index >= 15 is 0 Å². The van der Waals surface area contributed by atoms with E-state index in [4.69, 9.17) is 10.2 Å². The fraction of sp³-hybridized carbons (Fsp3) is 0.429. The fourth-order valence-electron chi connectivity index (χ4n) is 2.15. The SMILES string of the molecule is CN(Cc1coc2ccccc12)CC(O)CCN. The minimum atomic E-state index is -0.363. The number of benzene rings is 1. The van der Waals surface area contributed by atoms with Crippen molar-refractivity contribution >= 4 is 11.0 Å². The molecule has 1 atom stereocenters. The Hall–Kier alpha value is -1.36. The lowest BCUT2D eigenvalue weighted by molar-refractivity contribution is 0.117. The zero-order chi connectivity index (χ0) is 13.0. The van der Waals surface area contributed by atoms with E-state index in [0.717, 1.165) is 23.1 Å². The molecule has 2 aromatic rings. The Bertz CT molecular complexity index is 495. The van der Waals surface area contributed by atoms with Gasteiger partial charge in [0.15, 0.2) is 0 Å². The Kier molecular flexibility index (Phi) is 4.36. The maximum atomic E-state index is 9.72. The Morgan fingerprint density at radius 2 is 2.17 bits per heavy atom. The van der Waals surface area contributed by atoms with Crippen LogP contribution < -0.4 is 5.73 Å². The second kappa shape index (κ2) is 6.00. The quantitative estimate of drug-likeness (QED) is 0.814. The molecule has 2 rings (SSSR count). The van der Waals surface area contributed by atoms with Crippen LogP contribution in [0.1, 0.15) is 12.0 Å². The highest BCUT2D eigenvalue weighted by atomic mass is 16.3. The first-order valence-corrected chi connectivity index (χ1v) is 6.22. The fourth-order valence-corrected chi connectivity index (χ4v) is 2.15. The van der Waals surface area contributed by atoms with Crippen molar-refractivity contribution in [3.63, 3.8) is 0 Å². The summed E-state index contributed by atoms with van der Waals surface area (Å²) in [5, 5.41) is 10.9. The van der Waals surface area contributed by atoms with Gasteiger partial charge in [-0.2, -0.15) is 0 Å². The Morgan fingerprint density at radius 3 is 2.94 bits per heavy atom. The normalized spacial score (nSPS) is 13.3. The predicted molar refractivity (Wildman–Crippen MR) is 72.2 cm³/mol. The van der Waals surface area contributed by atoms with Crippen molar-refractivity contribution in [2.45, 2.75) is 19.1 Å². The third-order valence-electron chi connectivity index (χ3n) is 3.02. The lowest BCUT2D eigenvalue weighted by Crippen LogP contribution is -2.30. The molecule has 0 aliphatic carbocycles. The van der Waals surface area contributed by atoms with Crippen LogP contribution in [-0.4, -0.2) is 36.2 Å². The molecule has 3 N–H and O–H groups in total. The zero-order valence-electron chi connectivity index (χ0n) is 10.7. The molecule has 4 heteroatoms. The van der Waals surface area contributed by atoms with Crippen molar-refractivity contribution in [3.05, 3.63) is 36.1 Å². The van der Waals surface area contributed by atoms with Gasteiger partial charge in [-0.3, -0.25) is 4.90 Å². The summed E-state index contributed by atoms with van der Waals surface area (Å²) in [6.07, 6.45) is 2.06. The van der Waals surface area contributed by atoms with Crippen molar-refractivity contribution in [3.8, 4) is 0 Å². The lowest BCUT2D eigenvalue weighted by Gasteiger charge is -2.19. The molecule has 18 heavy (non-hydrogen) atoms. The van der Waals surface area contributed by atoms with E-state index in [1.54, 1.807) is 6.26 Å². The molecule has 0 aliphatic rings. The summed E-state index contributed by atoms with van der Waals surface area (Å²) in [6.45, 7) is 1.90. The average Bonchev–Trinajstić information content (AvgIpc) is 2.73. The number of likely N-dealkylation sites (N-methyl/N-ethyl adjacent to an activating group) is 1. The first-order chi connectivity index (χ1) is 8.70. The Morgan fingerprint density at radius 1 is 1.39 bits per heavy atom. The minimum absolute atomic E-state index is 0.363. The van der Waals surface area contributed by atoms with Crippen LogP contribution in [0, 0.1) is 0 Å². The maximum Gasteiger partial charge on any atom is 0.134 e. The molecule has 0 saturated carbocycles. The molecule has 0 amide bonds. The minimum Gasteiger partial charge on any atom is -0.464 e. The van der Waals surface area contributed by atoms with Gasteiger partial charge in [-0.25, -0.2) is 0 Å². The van der Waals surface area contributed by atoms with E-state index in [0.29, 0.717) is 19.5 Å². The number of nitrogens with two attached hydrogens (primary N) is 1. The summed E-state index contributed by atoms with van der Waals surface area (Å²) >= 11 is 0. The van der Waals surface area contributed by atoms with Crippen molar-refractivity contribution in [2.24, 2.45) is 5.73 Å². The van der Waals surface area contributed by atoms with Crippen molar-refractivity contribution < 1.29 is 9.52 Å². The van der Waals surface area contributed by atoms with Gasteiger partial charge in [-0.05, 0) is 26.1 Å². The van der Waals surface area contributed by atoms with Crippen LogP contribution in [0.2, 0.25) is 0 Å². The molecule has 0 fully saturated rings. The van der Waals surface area contributed by atoms with Crippen LogP contribution >= 0.6 is 0 Å². The number of nitrogens with zero attached hydrogens (tertiary/aromatic N) is 1. The van der Waals surface area contributed by atoms with Gasteiger partial charge in [-0.15, -0.1) is 0 Å². The molecule has 0 radical (unpaired) electrons. The maximum absolute atomic E-state index is 9.72. The van der Waals surface area contributed by atoms with Gasteiger partial charge in [0.05, 0.1) is 12.4 Å². The summed E-state index contributed by atoms with van der Waals surface area (Å²) in [4.78, 5) is 2.08. The summed E-state index contributed by atoms with van der Waals surface area (Å²) < 4.78 is 5.49. The predicted octanol–water partition coefficient (Wildman–Crippen LogP) is 1.57. The number of fused-ring (bicyclic) bond motifs is 1. The number of hydrogen-bond acceptors (Lipinski definition) is 4. The first kappa shape index (κ1) is 13.1. The van der Waals surface area contributed by atoms with Crippen LogP contribution in [0.5, 0.6) is 0 Å². The monoisotopic (exact) mass is 248 g/mol. The van der Waals surface area contributed by atoms with Crippen molar-refractivity contribution in [1.29, 1.82) is 0 Å². The highest BCUT2D eigenvalue weighted by molar-refractivity contribution is 5.80. The lowest BCUT2D eigenvalue weighted by atomic mass is 10.1. The largest absolute Gasteiger partial charge is 0.464 e. The van der Waals surface area contributed by atoms with Gasteiger partial charge >= 0.3 is 0 Å². The number of aliphatic hydroxyl groups excluding tert-OH is 1. The second-order valence-electron chi connectivity index (χ2n) is 4.69. The molecule has 1 unspecified atom stereocenters. The molecular formula is C14H20N2O2. The molecule has 0 bridgehead atoms. The van der Waals surface area contributed by atoms with Crippen LogP contribution in [-0.2, 0) is 6.54 Å². The number of para-hydroxylation sites is 1. The molecule has 1 aromatic carbocycles. The van der Waals surface area contributed by atoms with Crippen LogP contribution in [0.25, 0.3) is 11.0 Å². The summed E-state index contributed by atoms with van der Waals surface area (Å²) in [5.74, 6) is 0. The Labute approximate surface area is 107 Å². The standard InChI is InChI=1S/C14H20N2O2/c1-16(9-12(17)6-7-15)8-11-10-18-14-5-3-2-4-13(11)14/h2-5,10,12,17H,6-9,15H2,1H3. The summed E-state index contributed by atoms with van der Waals surface area (Å²) in [7, 11) is 1.99. The molecule has 1 heterocycles. The van der Waals surface area contributed by atoms with E-state index in [2.05, 4.69) is 11.0 Å². The molecular weight excluding hydrogens is 228 g/mol. The Balaban J connectivity index is 2.00. The smallest absolute Gasteiger partial charge is 0.134 e. The highest BCUT2D eigenvalue weighted by Crippen LogP contribution is 2.21. The van der Waals surface area contributed by atoms with Gasteiger partial charge in [0, 0.05) is 24.0 Å². The van der Waals surface area contributed by atoms with Gasteiger partial charge in [0.1, 0.15) is 5.58 Å².